The van der Waals surface area contributed by atoms with Crippen LogP contribution in [0.3, 0.4) is 0 Å². The predicted molar refractivity (Wildman–Crippen MR) is 48.5 cm³/mol. The van der Waals surface area contributed by atoms with Gasteiger partial charge in [0, 0.05) is 0 Å². The minimum absolute atomic E-state index is 0.0903. The molecule has 0 bridgehead atoms. The molecule has 0 aromatic carbocycles. The van der Waals surface area contributed by atoms with Gasteiger partial charge in [0.2, 0.25) is 0 Å². The van der Waals surface area contributed by atoms with Crippen LogP contribution >= 0.6 is 0 Å². The summed E-state index contributed by atoms with van der Waals surface area (Å²) in [6.07, 6.45) is 0.964. The Kier molecular flexibility index (Phi) is 2.61. The molecule has 6 nitrogen and oxygen atoms in total. The zero-order valence-electron chi connectivity index (χ0n) is 8.01. The molecule has 0 aliphatic heterocycles. The van der Waals surface area contributed by atoms with Crippen molar-refractivity contribution in [3.05, 3.63) is 17.5 Å². The van der Waals surface area contributed by atoms with Gasteiger partial charge >= 0.3 is 5.97 Å². The van der Waals surface area contributed by atoms with Crippen molar-refractivity contribution in [2.75, 3.05) is 13.4 Å². The molecule has 1 heterocycles. The minimum Gasteiger partial charge on any atom is -0.464 e. The quantitative estimate of drug-likeness (QED) is 0.641. The molecule has 0 aliphatic rings. The number of methoxy groups -OCH3 is 1. The molecule has 78 valence electrons. The van der Waals surface area contributed by atoms with Crippen molar-refractivity contribution in [1.82, 2.24) is 9.19 Å². The maximum absolute atomic E-state index is 11.2. The molecule has 0 spiro atoms. The van der Waals surface area contributed by atoms with Crippen molar-refractivity contribution < 1.29 is 17.9 Å². The van der Waals surface area contributed by atoms with Gasteiger partial charge in [-0.15, -0.1) is 0 Å². The van der Waals surface area contributed by atoms with Crippen LogP contribution in [0, 0.1) is 6.92 Å². The summed E-state index contributed by atoms with van der Waals surface area (Å²) in [5, 5.41) is 3.68. The van der Waals surface area contributed by atoms with Gasteiger partial charge in [-0.3, -0.25) is 0 Å². The van der Waals surface area contributed by atoms with Gasteiger partial charge in [-0.05, 0) is 13.0 Å². The summed E-state index contributed by atoms with van der Waals surface area (Å²) < 4.78 is 27.4. The Morgan fingerprint density at radius 1 is 1.57 bits per heavy atom. The van der Waals surface area contributed by atoms with E-state index in [0.29, 0.717) is 9.78 Å². The van der Waals surface area contributed by atoms with Crippen LogP contribution in [0.4, 0.5) is 0 Å². The molecule has 1 rings (SSSR count). The second kappa shape index (κ2) is 3.41. The van der Waals surface area contributed by atoms with Crippen molar-refractivity contribution in [3.8, 4) is 0 Å². The molecule has 0 fully saturated rings. The molecule has 0 saturated carbocycles. The summed E-state index contributed by atoms with van der Waals surface area (Å²) >= 11 is 0. The van der Waals surface area contributed by atoms with Gasteiger partial charge < -0.3 is 4.74 Å². The highest BCUT2D eigenvalue weighted by molar-refractivity contribution is 7.89. The number of esters is 1. The average Bonchev–Trinajstić information content (AvgIpc) is 2.45. The number of carbonyl (C=O) groups excluding carboxylic acids is 1. The summed E-state index contributed by atoms with van der Waals surface area (Å²) in [5.74, 6) is -0.726. The van der Waals surface area contributed by atoms with Crippen molar-refractivity contribution >= 4 is 16.0 Å². The first-order valence-electron chi connectivity index (χ1n) is 3.72. The molecule has 0 saturated heterocycles. The molecule has 14 heavy (non-hydrogen) atoms. The van der Waals surface area contributed by atoms with Gasteiger partial charge in [0.05, 0.1) is 19.1 Å². The van der Waals surface area contributed by atoms with Crippen LogP contribution in [0.25, 0.3) is 0 Å². The van der Waals surface area contributed by atoms with Crippen LogP contribution in [0.5, 0.6) is 0 Å². The largest absolute Gasteiger partial charge is 0.464 e. The highest BCUT2D eigenvalue weighted by Gasteiger charge is 2.20. The van der Waals surface area contributed by atoms with Crippen LogP contribution < -0.4 is 0 Å². The number of aryl methyl sites for hydroxylation is 1. The lowest BCUT2D eigenvalue weighted by atomic mass is 10.4. The van der Waals surface area contributed by atoms with Crippen LogP contribution in [0.15, 0.2) is 6.07 Å². The summed E-state index contributed by atoms with van der Waals surface area (Å²) in [7, 11) is -2.39. The number of rotatable bonds is 2. The van der Waals surface area contributed by atoms with Crippen molar-refractivity contribution in [3.63, 3.8) is 0 Å². The molecule has 0 unspecified atom stereocenters. The van der Waals surface area contributed by atoms with Gasteiger partial charge in [-0.1, -0.05) is 0 Å². The van der Waals surface area contributed by atoms with Gasteiger partial charge in [0.1, 0.15) is 0 Å². The van der Waals surface area contributed by atoms with Crippen LogP contribution in [0.2, 0.25) is 0 Å². The first-order valence-corrected chi connectivity index (χ1v) is 5.56. The number of ether oxygens (including phenoxy) is 1. The molecule has 0 radical (unpaired) electrons. The first-order chi connectivity index (χ1) is 6.36. The summed E-state index contributed by atoms with van der Waals surface area (Å²) in [5.41, 5.74) is 0.350. The third-order valence-electron chi connectivity index (χ3n) is 1.51. The van der Waals surface area contributed by atoms with E-state index in [2.05, 4.69) is 9.84 Å². The van der Waals surface area contributed by atoms with E-state index in [1.807, 2.05) is 0 Å². The maximum Gasteiger partial charge on any atom is 0.357 e. The second-order valence-electron chi connectivity index (χ2n) is 2.77. The van der Waals surface area contributed by atoms with E-state index >= 15 is 0 Å². The first kappa shape index (κ1) is 10.7. The van der Waals surface area contributed by atoms with Gasteiger partial charge in [0.25, 0.3) is 10.0 Å². The summed E-state index contributed by atoms with van der Waals surface area (Å²) in [4.78, 5) is 11.1. The molecule has 0 N–H and O–H groups in total. The van der Waals surface area contributed by atoms with E-state index in [9.17, 15) is 13.2 Å². The molecule has 0 aliphatic carbocycles. The number of hydrogen-bond donors (Lipinski definition) is 0. The molecule has 7 heteroatoms. The Labute approximate surface area is 81.5 Å². The number of aromatic nitrogens is 2. The number of hydrogen-bond acceptors (Lipinski definition) is 5. The molecular weight excluding hydrogens is 208 g/mol. The highest BCUT2D eigenvalue weighted by Crippen LogP contribution is 2.07. The zero-order valence-corrected chi connectivity index (χ0v) is 8.83. The Morgan fingerprint density at radius 3 is 2.57 bits per heavy atom. The predicted octanol–water partition coefficient (Wildman–Crippen LogP) is -0.214. The lowest BCUT2D eigenvalue weighted by molar-refractivity contribution is 0.0591. The van der Waals surface area contributed by atoms with E-state index in [1.165, 1.54) is 13.2 Å². The molecule has 0 atom stereocenters. The van der Waals surface area contributed by atoms with E-state index in [4.69, 9.17) is 0 Å². The third kappa shape index (κ3) is 1.92. The van der Waals surface area contributed by atoms with Gasteiger partial charge in [-0.2, -0.15) is 9.19 Å². The van der Waals surface area contributed by atoms with Crippen LogP contribution in [-0.2, 0) is 14.8 Å². The maximum atomic E-state index is 11.2. The summed E-state index contributed by atoms with van der Waals surface area (Å²) in [6, 6.07) is 1.35. The fourth-order valence-electron chi connectivity index (χ4n) is 0.973. The number of carbonyl (C=O) groups is 1. The van der Waals surface area contributed by atoms with Crippen molar-refractivity contribution in [2.45, 2.75) is 6.92 Å². The topological polar surface area (TPSA) is 78.3 Å². The van der Waals surface area contributed by atoms with E-state index < -0.39 is 16.0 Å². The molecular formula is C7H10N2O4S. The Morgan fingerprint density at radius 2 is 2.14 bits per heavy atom. The highest BCUT2D eigenvalue weighted by atomic mass is 32.2. The van der Waals surface area contributed by atoms with Crippen molar-refractivity contribution in [2.24, 2.45) is 0 Å². The SMILES string of the molecule is COC(=O)c1cc(C)nn1S(C)(=O)=O. The third-order valence-corrected chi connectivity index (χ3v) is 2.42. The zero-order chi connectivity index (χ0) is 10.9. The Hall–Kier alpha value is -1.37. The standard InChI is InChI=1S/C7H10N2O4S/c1-5-4-6(7(10)13-2)9(8-5)14(3,11)12/h4H,1-3H3. The minimum atomic E-state index is -3.56. The number of nitrogens with zero attached hydrogens (tertiary/aromatic N) is 2. The smallest absolute Gasteiger partial charge is 0.357 e. The fraction of sp³-hybridized carbons (Fsp3) is 0.429. The molecule has 1 aromatic heterocycles. The summed E-state index contributed by atoms with van der Waals surface area (Å²) in [6.45, 7) is 1.59. The van der Waals surface area contributed by atoms with Gasteiger partial charge in [-0.25, -0.2) is 13.2 Å². The normalized spacial score (nSPS) is 11.4. The van der Waals surface area contributed by atoms with E-state index in [1.54, 1.807) is 6.92 Å². The monoisotopic (exact) mass is 218 g/mol. The Balaban J connectivity index is 3.38. The molecule has 0 amide bonds. The average molecular weight is 218 g/mol. The lowest BCUT2D eigenvalue weighted by Gasteiger charge is -2.01. The Bertz CT molecular complexity index is 460. The van der Waals surface area contributed by atoms with Crippen LogP contribution in [-0.4, -0.2) is 36.9 Å². The van der Waals surface area contributed by atoms with Crippen LogP contribution in [0.1, 0.15) is 16.2 Å². The van der Waals surface area contributed by atoms with E-state index in [-0.39, 0.29) is 5.69 Å². The van der Waals surface area contributed by atoms with Gasteiger partial charge in [0.15, 0.2) is 5.69 Å². The van der Waals surface area contributed by atoms with E-state index in [0.717, 1.165) is 6.26 Å². The fourth-order valence-corrected chi connectivity index (χ4v) is 1.74. The second-order valence-corrected chi connectivity index (χ2v) is 4.58. The van der Waals surface area contributed by atoms with Crippen molar-refractivity contribution in [1.29, 1.82) is 0 Å². The molecule has 1 aromatic rings. The lowest BCUT2D eigenvalue weighted by Crippen LogP contribution is -2.18.